The molecule has 0 fully saturated rings. The molecule has 0 saturated heterocycles. The Bertz CT molecular complexity index is 4270. The molecule has 0 aromatic heterocycles. The maximum absolute atomic E-state index is 2.41. The molecule has 0 unspecified atom stereocenters. The van der Waals surface area contributed by atoms with E-state index in [1.54, 1.807) is 0 Å². The molecule has 0 N–H and O–H groups in total. The standard InChI is InChI=1S/C76H52/c1-75(2)67-36-10-8-32-65(67)73-61(34-18-40-71(73)75)56-28-16-25-53(44-56)51-23-14-22-50(42-51)52-24-15-26-54(43-52)59-46-58(49-20-4-3-5-21-49)47-60(48-59)55-27-17-29-57(45-55)62-35-19-41-72-74(62)66-33-9-13-39-70(66)76(72)68-37-11-6-30-63(68)64-31-7-12-38-69(64)76/h3-48H,1-2H3. The van der Waals surface area contributed by atoms with Crippen molar-refractivity contribution in [3.05, 3.63) is 312 Å². The van der Waals surface area contributed by atoms with E-state index in [-0.39, 0.29) is 10.8 Å². The number of hydrogen-bond donors (Lipinski definition) is 0. The van der Waals surface area contributed by atoms with Gasteiger partial charge in [-0.25, -0.2) is 0 Å². The van der Waals surface area contributed by atoms with Gasteiger partial charge in [-0.2, -0.15) is 0 Å². The van der Waals surface area contributed by atoms with Crippen LogP contribution in [0.4, 0.5) is 0 Å². The van der Waals surface area contributed by atoms with Gasteiger partial charge >= 0.3 is 0 Å². The summed E-state index contributed by atoms with van der Waals surface area (Å²) in [6, 6.07) is 104. The molecule has 0 amide bonds. The molecule has 0 bridgehead atoms. The average molecular weight is 965 g/mol. The van der Waals surface area contributed by atoms with Gasteiger partial charge in [0.25, 0.3) is 0 Å². The Morgan fingerprint density at radius 2 is 0.461 bits per heavy atom. The molecule has 76 heavy (non-hydrogen) atoms. The Morgan fingerprint density at radius 3 is 0.961 bits per heavy atom. The smallest absolute Gasteiger partial charge is 0.0622 e. The molecule has 15 rings (SSSR count). The zero-order chi connectivity index (χ0) is 50.5. The van der Waals surface area contributed by atoms with Gasteiger partial charge in [0.1, 0.15) is 0 Å². The fraction of sp³-hybridized carbons (Fsp3) is 0.0526. The summed E-state index contributed by atoms with van der Waals surface area (Å²) < 4.78 is 0. The van der Waals surface area contributed by atoms with E-state index in [9.17, 15) is 0 Å². The minimum absolute atomic E-state index is 0.0446. The molecule has 0 atom stereocenters. The van der Waals surface area contributed by atoms with Gasteiger partial charge in [-0.3, -0.25) is 0 Å². The molecular formula is C76H52. The lowest BCUT2D eigenvalue weighted by Crippen LogP contribution is -2.25. The van der Waals surface area contributed by atoms with Crippen LogP contribution in [-0.4, -0.2) is 0 Å². The van der Waals surface area contributed by atoms with Crippen LogP contribution in [0.3, 0.4) is 0 Å². The highest BCUT2D eigenvalue weighted by molar-refractivity contribution is 6.01. The van der Waals surface area contributed by atoms with Gasteiger partial charge in [0.15, 0.2) is 0 Å². The first-order chi connectivity index (χ1) is 37.4. The first-order valence-corrected chi connectivity index (χ1v) is 26.7. The van der Waals surface area contributed by atoms with Crippen LogP contribution >= 0.6 is 0 Å². The maximum atomic E-state index is 2.41. The normalized spacial score (nSPS) is 13.6. The molecule has 12 aromatic rings. The Balaban J connectivity index is 0.809. The molecule has 12 aromatic carbocycles. The van der Waals surface area contributed by atoms with E-state index in [2.05, 4.69) is 293 Å². The molecule has 0 heteroatoms. The van der Waals surface area contributed by atoms with Crippen molar-refractivity contribution in [1.82, 2.24) is 0 Å². The third-order valence-electron chi connectivity index (χ3n) is 17.1. The van der Waals surface area contributed by atoms with Crippen LogP contribution in [0.5, 0.6) is 0 Å². The van der Waals surface area contributed by atoms with Gasteiger partial charge < -0.3 is 0 Å². The lowest BCUT2D eigenvalue weighted by molar-refractivity contribution is 0.660. The van der Waals surface area contributed by atoms with E-state index >= 15 is 0 Å². The van der Waals surface area contributed by atoms with Gasteiger partial charge in [-0.1, -0.05) is 250 Å². The predicted octanol–water partition coefficient (Wildman–Crippen LogP) is 20.0. The Labute approximate surface area is 446 Å². The van der Waals surface area contributed by atoms with Crippen molar-refractivity contribution in [2.24, 2.45) is 0 Å². The van der Waals surface area contributed by atoms with Gasteiger partial charge in [0.05, 0.1) is 5.41 Å². The average Bonchev–Trinajstić information content (AvgIpc) is 4.28. The molecule has 0 heterocycles. The Morgan fingerprint density at radius 1 is 0.184 bits per heavy atom. The molecule has 3 aliphatic rings. The number of fused-ring (bicyclic) bond motifs is 13. The molecule has 0 nitrogen and oxygen atoms in total. The van der Waals surface area contributed by atoms with Crippen molar-refractivity contribution in [3.8, 4) is 111 Å². The van der Waals surface area contributed by atoms with E-state index in [4.69, 9.17) is 0 Å². The predicted molar refractivity (Wildman–Crippen MR) is 318 cm³/mol. The highest BCUT2D eigenvalue weighted by Crippen LogP contribution is 2.64. The van der Waals surface area contributed by atoms with Crippen LogP contribution in [-0.2, 0) is 10.8 Å². The maximum Gasteiger partial charge on any atom is 0.0725 e. The van der Waals surface area contributed by atoms with E-state index < -0.39 is 0 Å². The topological polar surface area (TPSA) is 0 Å². The summed E-state index contributed by atoms with van der Waals surface area (Å²) in [4.78, 5) is 0. The lowest BCUT2D eigenvalue weighted by atomic mass is 9.70. The van der Waals surface area contributed by atoms with Crippen LogP contribution in [0.25, 0.3) is 111 Å². The number of hydrogen-bond acceptors (Lipinski definition) is 0. The number of rotatable bonds is 7. The fourth-order valence-corrected chi connectivity index (χ4v) is 13.6. The van der Waals surface area contributed by atoms with Crippen molar-refractivity contribution >= 4 is 0 Å². The lowest BCUT2D eigenvalue weighted by Gasteiger charge is -2.30. The fourth-order valence-electron chi connectivity index (χ4n) is 13.6. The van der Waals surface area contributed by atoms with Crippen LogP contribution in [0, 0.1) is 0 Å². The molecule has 3 aliphatic carbocycles. The molecule has 0 aliphatic heterocycles. The van der Waals surface area contributed by atoms with Crippen LogP contribution < -0.4 is 0 Å². The Hall–Kier alpha value is -9.36. The molecule has 0 saturated carbocycles. The van der Waals surface area contributed by atoms with Gasteiger partial charge in [0, 0.05) is 5.41 Å². The van der Waals surface area contributed by atoms with Gasteiger partial charge in [0.2, 0.25) is 0 Å². The summed E-state index contributed by atoms with van der Waals surface area (Å²) >= 11 is 0. The van der Waals surface area contributed by atoms with Crippen LogP contribution in [0.15, 0.2) is 279 Å². The third kappa shape index (κ3) is 6.63. The summed E-state index contributed by atoms with van der Waals surface area (Å²) in [6.07, 6.45) is 0. The summed E-state index contributed by atoms with van der Waals surface area (Å²) in [5.41, 5.74) is 32.7. The van der Waals surface area contributed by atoms with Gasteiger partial charge in [-0.15, -0.1) is 0 Å². The molecule has 1 spiro atoms. The van der Waals surface area contributed by atoms with Crippen molar-refractivity contribution < 1.29 is 0 Å². The number of benzene rings is 12. The van der Waals surface area contributed by atoms with Crippen molar-refractivity contribution in [2.75, 3.05) is 0 Å². The zero-order valence-electron chi connectivity index (χ0n) is 42.6. The third-order valence-corrected chi connectivity index (χ3v) is 17.1. The van der Waals surface area contributed by atoms with E-state index in [0.717, 1.165) is 0 Å². The second kappa shape index (κ2) is 17.1. The highest BCUT2D eigenvalue weighted by Gasteiger charge is 2.52. The minimum Gasteiger partial charge on any atom is -0.0622 e. The van der Waals surface area contributed by atoms with Crippen LogP contribution in [0.2, 0.25) is 0 Å². The van der Waals surface area contributed by atoms with E-state index in [1.165, 1.54) is 145 Å². The summed E-state index contributed by atoms with van der Waals surface area (Å²) in [6.45, 7) is 4.71. The second-order valence-electron chi connectivity index (χ2n) is 21.5. The molecule has 356 valence electrons. The van der Waals surface area contributed by atoms with Crippen molar-refractivity contribution in [1.29, 1.82) is 0 Å². The van der Waals surface area contributed by atoms with Crippen molar-refractivity contribution in [3.63, 3.8) is 0 Å². The zero-order valence-corrected chi connectivity index (χ0v) is 42.6. The first kappa shape index (κ1) is 44.2. The summed E-state index contributed by atoms with van der Waals surface area (Å²) in [5, 5.41) is 0. The van der Waals surface area contributed by atoms with Crippen molar-refractivity contribution in [2.45, 2.75) is 24.7 Å². The SMILES string of the molecule is CC1(C)c2ccccc2-c2c(-c3cccc(-c4cccc(-c5cccc(-c6cc(-c7ccccc7)cc(-c7cccc(-c8cccc9c8-c8ccccc8C98c9ccccc9-c9ccccc98)c7)c6)c5)c4)c3)cccc21. The first-order valence-electron chi connectivity index (χ1n) is 26.7. The summed E-state index contributed by atoms with van der Waals surface area (Å²) in [7, 11) is 0. The van der Waals surface area contributed by atoms with E-state index in [0.29, 0.717) is 0 Å². The quantitative estimate of drug-likeness (QED) is 0.149. The Kier molecular flexibility index (Phi) is 9.94. The monoisotopic (exact) mass is 964 g/mol. The minimum atomic E-state index is -0.388. The van der Waals surface area contributed by atoms with Gasteiger partial charge in [-0.05, 0) is 187 Å². The van der Waals surface area contributed by atoms with Crippen LogP contribution in [0.1, 0.15) is 47.2 Å². The largest absolute Gasteiger partial charge is 0.0725 e. The molecule has 0 radical (unpaired) electrons. The highest BCUT2D eigenvalue weighted by atomic mass is 14.5. The second-order valence-corrected chi connectivity index (χ2v) is 21.5. The summed E-state index contributed by atoms with van der Waals surface area (Å²) in [5.74, 6) is 0. The molecular weight excluding hydrogens is 913 g/mol. The van der Waals surface area contributed by atoms with E-state index in [1.807, 2.05) is 0 Å².